The number of ether oxygens (including phenoxy) is 1. The summed E-state index contributed by atoms with van der Waals surface area (Å²) in [6.45, 7) is 5.41. The van der Waals surface area contributed by atoms with Gasteiger partial charge < -0.3 is 20.1 Å². The van der Waals surface area contributed by atoms with Crippen LogP contribution in [0.15, 0.2) is 36.4 Å². The molecule has 6 nitrogen and oxygen atoms in total. The predicted molar refractivity (Wildman–Crippen MR) is 107 cm³/mol. The van der Waals surface area contributed by atoms with Gasteiger partial charge in [-0.2, -0.15) is 0 Å². The summed E-state index contributed by atoms with van der Waals surface area (Å²) in [6.07, 6.45) is 6.65. The Morgan fingerprint density at radius 3 is 2.70 bits per heavy atom. The average molecular weight is 373 g/mol. The molecule has 2 amide bonds. The van der Waals surface area contributed by atoms with Gasteiger partial charge in [-0.15, -0.1) is 0 Å². The van der Waals surface area contributed by atoms with Crippen LogP contribution in [0.1, 0.15) is 24.8 Å². The Hall–Kier alpha value is -1.89. The van der Waals surface area contributed by atoms with Crippen molar-refractivity contribution in [1.82, 2.24) is 15.1 Å². The maximum absolute atomic E-state index is 12.2. The predicted octanol–water partition coefficient (Wildman–Crippen LogP) is 1.96. The summed E-state index contributed by atoms with van der Waals surface area (Å²) in [6, 6.07) is 10.2. The summed E-state index contributed by atoms with van der Waals surface area (Å²) in [5.74, 6) is 0. The smallest absolute Gasteiger partial charge is 0.317 e. The summed E-state index contributed by atoms with van der Waals surface area (Å²) in [5, 5.41) is 13.8. The topological polar surface area (TPSA) is 65.0 Å². The van der Waals surface area contributed by atoms with E-state index < -0.39 is 5.60 Å². The standard InChI is InChI=1S/C21H31N3O3/c25-20(24-14-16-27-17-15-24)22-18-21(26)9-5-12-23(13-10-21)11-4-8-19-6-2-1-3-7-19/h1-4,6-8,26H,5,9-18H2,(H,22,25). The van der Waals surface area contributed by atoms with E-state index >= 15 is 0 Å². The molecule has 0 saturated carbocycles. The molecule has 148 valence electrons. The Morgan fingerprint density at radius 1 is 1.15 bits per heavy atom. The van der Waals surface area contributed by atoms with Gasteiger partial charge in [0.15, 0.2) is 0 Å². The highest BCUT2D eigenvalue weighted by molar-refractivity contribution is 5.74. The van der Waals surface area contributed by atoms with Crippen LogP contribution in [0, 0.1) is 0 Å². The second-order valence-electron chi connectivity index (χ2n) is 7.45. The lowest BCUT2D eigenvalue weighted by molar-refractivity contribution is 0.0230. The Bertz CT molecular complexity index is 616. The van der Waals surface area contributed by atoms with E-state index in [-0.39, 0.29) is 6.03 Å². The molecule has 0 aliphatic carbocycles. The van der Waals surface area contributed by atoms with Gasteiger partial charge in [-0.25, -0.2) is 4.79 Å². The lowest BCUT2D eigenvalue weighted by Gasteiger charge is -2.31. The molecule has 1 unspecified atom stereocenters. The van der Waals surface area contributed by atoms with Gasteiger partial charge in [0.25, 0.3) is 0 Å². The molecule has 1 aromatic carbocycles. The number of hydrogen-bond donors (Lipinski definition) is 2. The Balaban J connectivity index is 1.42. The minimum Gasteiger partial charge on any atom is -0.388 e. The van der Waals surface area contributed by atoms with Crippen LogP contribution in [-0.2, 0) is 4.74 Å². The highest BCUT2D eigenvalue weighted by Crippen LogP contribution is 2.22. The molecule has 2 saturated heterocycles. The van der Waals surface area contributed by atoms with Crippen LogP contribution in [0.25, 0.3) is 6.08 Å². The first kappa shape index (κ1) is 19.9. The fraction of sp³-hybridized carbons (Fsp3) is 0.571. The number of nitrogens with one attached hydrogen (secondary N) is 1. The van der Waals surface area contributed by atoms with E-state index in [1.54, 1.807) is 4.90 Å². The number of amides is 2. The van der Waals surface area contributed by atoms with Crippen molar-refractivity contribution in [3.8, 4) is 0 Å². The average Bonchev–Trinajstić information content (AvgIpc) is 2.90. The van der Waals surface area contributed by atoms with Crippen molar-refractivity contribution in [2.75, 3.05) is 52.5 Å². The molecular formula is C21H31N3O3. The second kappa shape index (κ2) is 9.88. The first-order chi connectivity index (χ1) is 13.1. The maximum atomic E-state index is 12.2. The SMILES string of the molecule is O=C(NCC1(O)CCCN(CC=Cc2ccccc2)CC1)N1CCOCC1. The third kappa shape index (κ3) is 6.34. The third-order valence-electron chi connectivity index (χ3n) is 5.35. The van der Waals surface area contributed by atoms with Crippen LogP contribution in [0.4, 0.5) is 4.79 Å². The number of aliphatic hydroxyl groups is 1. The molecule has 0 spiro atoms. The zero-order valence-electron chi connectivity index (χ0n) is 16.0. The maximum Gasteiger partial charge on any atom is 0.317 e. The van der Waals surface area contributed by atoms with Crippen molar-refractivity contribution in [2.45, 2.75) is 24.9 Å². The molecule has 1 aromatic rings. The number of carbonyl (C=O) groups is 1. The summed E-state index contributed by atoms with van der Waals surface area (Å²) in [7, 11) is 0. The number of morpholine rings is 1. The number of hydrogen-bond acceptors (Lipinski definition) is 4. The summed E-state index contributed by atoms with van der Waals surface area (Å²) < 4.78 is 5.27. The van der Waals surface area contributed by atoms with E-state index in [1.807, 2.05) is 18.2 Å². The number of benzene rings is 1. The van der Waals surface area contributed by atoms with Crippen LogP contribution >= 0.6 is 0 Å². The third-order valence-corrected chi connectivity index (χ3v) is 5.35. The molecule has 27 heavy (non-hydrogen) atoms. The summed E-state index contributed by atoms with van der Waals surface area (Å²) in [4.78, 5) is 16.4. The zero-order chi connectivity index (χ0) is 19.0. The van der Waals surface area contributed by atoms with Crippen molar-refractivity contribution in [1.29, 1.82) is 0 Å². The Labute approximate surface area is 161 Å². The number of carbonyl (C=O) groups excluding carboxylic acids is 1. The Morgan fingerprint density at radius 2 is 1.93 bits per heavy atom. The van der Waals surface area contributed by atoms with Crippen molar-refractivity contribution in [3.63, 3.8) is 0 Å². The minimum absolute atomic E-state index is 0.0985. The molecule has 3 rings (SSSR count). The van der Waals surface area contributed by atoms with E-state index in [9.17, 15) is 9.90 Å². The van der Waals surface area contributed by atoms with Crippen LogP contribution in [-0.4, -0.2) is 79.0 Å². The van der Waals surface area contributed by atoms with Crippen LogP contribution < -0.4 is 5.32 Å². The molecular weight excluding hydrogens is 342 g/mol. The fourth-order valence-corrected chi connectivity index (χ4v) is 3.61. The zero-order valence-corrected chi connectivity index (χ0v) is 16.0. The first-order valence-corrected chi connectivity index (χ1v) is 9.91. The molecule has 1 atom stereocenters. The lowest BCUT2D eigenvalue weighted by Crippen LogP contribution is -2.51. The van der Waals surface area contributed by atoms with E-state index in [1.165, 1.54) is 5.56 Å². The highest BCUT2D eigenvalue weighted by atomic mass is 16.5. The number of rotatable bonds is 5. The number of urea groups is 1. The molecule has 2 fully saturated rings. The molecule has 0 bridgehead atoms. The van der Waals surface area contributed by atoms with Gasteiger partial charge in [0.05, 0.1) is 18.8 Å². The van der Waals surface area contributed by atoms with Crippen LogP contribution in [0.5, 0.6) is 0 Å². The van der Waals surface area contributed by atoms with E-state index in [4.69, 9.17) is 4.74 Å². The summed E-state index contributed by atoms with van der Waals surface area (Å²) in [5.41, 5.74) is 0.384. The molecule has 2 N–H and O–H groups in total. The van der Waals surface area contributed by atoms with Crippen molar-refractivity contribution in [2.24, 2.45) is 0 Å². The van der Waals surface area contributed by atoms with E-state index in [2.05, 4.69) is 34.5 Å². The first-order valence-electron chi connectivity index (χ1n) is 9.91. The van der Waals surface area contributed by atoms with E-state index in [0.29, 0.717) is 39.3 Å². The second-order valence-corrected chi connectivity index (χ2v) is 7.45. The van der Waals surface area contributed by atoms with Crippen LogP contribution in [0.3, 0.4) is 0 Å². The largest absolute Gasteiger partial charge is 0.388 e. The molecule has 6 heteroatoms. The van der Waals surface area contributed by atoms with Gasteiger partial charge in [-0.3, -0.25) is 4.90 Å². The van der Waals surface area contributed by atoms with Gasteiger partial charge in [0, 0.05) is 32.7 Å². The molecule has 2 aliphatic heterocycles. The van der Waals surface area contributed by atoms with E-state index in [0.717, 1.165) is 32.5 Å². The lowest BCUT2D eigenvalue weighted by atomic mass is 9.95. The van der Waals surface area contributed by atoms with Crippen LogP contribution in [0.2, 0.25) is 0 Å². The van der Waals surface area contributed by atoms with Gasteiger partial charge in [0.2, 0.25) is 0 Å². The minimum atomic E-state index is -0.820. The van der Waals surface area contributed by atoms with Crippen molar-refractivity contribution in [3.05, 3.63) is 42.0 Å². The highest BCUT2D eigenvalue weighted by Gasteiger charge is 2.31. The van der Waals surface area contributed by atoms with Crippen molar-refractivity contribution < 1.29 is 14.6 Å². The van der Waals surface area contributed by atoms with Gasteiger partial charge in [0.1, 0.15) is 0 Å². The molecule has 2 heterocycles. The fourth-order valence-electron chi connectivity index (χ4n) is 3.61. The molecule has 0 radical (unpaired) electrons. The van der Waals surface area contributed by atoms with Gasteiger partial charge >= 0.3 is 6.03 Å². The monoisotopic (exact) mass is 373 g/mol. The van der Waals surface area contributed by atoms with Gasteiger partial charge in [-0.05, 0) is 31.4 Å². The number of likely N-dealkylation sites (tertiary alicyclic amines) is 1. The summed E-state index contributed by atoms with van der Waals surface area (Å²) >= 11 is 0. The number of nitrogens with zero attached hydrogens (tertiary/aromatic N) is 2. The Kier molecular flexibility index (Phi) is 7.26. The quantitative estimate of drug-likeness (QED) is 0.828. The normalized spacial score (nSPS) is 24.7. The van der Waals surface area contributed by atoms with Crippen molar-refractivity contribution >= 4 is 12.1 Å². The molecule has 0 aromatic heterocycles. The van der Waals surface area contributed by atoms with Gasteiger partial charge in [-0.1, -0.05) is 42.5 Å². The molecule has 2 aliphatic rings.